The molecule has 0 N–H and O–H groups in total. The van der Waals surface area contributed by atoms with E-state index in [0.29, 0.717) is 11.5 Å². The topological polar surface area (TPSA) is 24.9 Å². The van der Waals surface area contributed by atoms with E-state index < -0.39 is 14.0 Å². The molecule has 4 heteroatoms. The lowest BCUT2D eigenvalue weighted by Crippen LogP contribution is -2.36. The van der Waals surface area contributed by atoms with Crippen LogP contribution in [-0.2, 0) is 0 Å². The third kappa shape index (κ3) is 2.96. The summed E-state index contributed by atoms with van der Waals surface area (Å²) in [5.74, 6) is 1.06. The second kappa shape index (κ2) is 6.19. The number of hydrogen-bond acceptors (Lipinski definition) is 4. The maximum absolute atomic E-state index is 7.87. The fourth-order valence-electron chi connectivity index (χ4n) is 1.68. The molecule has 0 aromatic heterocycles. The van der Waals surface area contributed by atoms with Crippen molar-refractivity contribution in [1.82, 2.24) is 0 Å². The lowest BCUT2D eigenvalue weighted by molar-refractivity contribution is 0.414. The van der Waals surface area contributed by atoms with Crippen LogP contribution < -0.4 is 19.5 Å². The van der Waals surface area contributed by atoms with Gasteiger partial charge in [-0.2, -0.15) is 0 Å². The van der Waals surface area contributed by atoms with Crippen LogP contribution in [0.3, 0.4) is 0 Å². The second-order valence-corrected chi connectivity index (χ2v) is 4.02. The molecule has 0 spiro atoms. The van der Waals surface area contributed by atoms with Crippen molar-refractivity contribution >= 4 is 11.4 Å². The number of hydrogen-bond donors (Lipinski definition) is 0. The predicted octanol–water partition coefficient (Wildman–Crippen LogP) is 3.19. The van der Waals surface area contributed by atoms with Crippen LogP contribution in [0.4, 0.5) is 11.4 Å². The Kier molecular flexibility index (Phi) is 2.49. The van der Waals surface area contributed by atoms with Crippen LogP contribution in [-0.4, -0.2) is 28.2 Å². The van der Waals surface area contributed by atoms with Crippen LogP contribution in [0.1, 0.15) is 8.22 Å². The molecule has 20 heavy (non-hydrogen) atoms. The first-order valence-electron chi connectivity index (χ1n) is 8.96. The average Bonchev–Trinajstić information content (AvgIpc) is 2.58. The van der Waals surface area contributed by atoms with Gasteiger partial charge in [-0.25, -0.2) is 0 Å². The highest BCUT2D eigenvalue weighted by Crippen LogP contribution is 2.24. The molecule has 0 saturated heterocycles. The number of nitrogens with zero attached hydrogens (tertiary/aromatic N) is 2. The van der Waals surface area contributed by atoms with E-state index in [4.69, 9.17) is 17.7 Å². The summed E-state index contributed by atoms with van der Waals surface area (Å²) < 4.78 is 57.4. The van der Waals surface area contributed by atoms with Crippen molar-refractivity contribution in [3.8, 4) is 11.5 Å². The van der Waals surface area contributed by atoms with Gasteiger partial charge in [0.2, 0.25) is 0 Å². The summed E-state index contributed by atoms with van der Waals surface area (Å²) in [6, 6.07) is 12.3. The Balaban J connectivity index is 2.58. The minimum Gasteiger partial charge on any atom is -0.497 e. The molecule has 0 saturated carbocycles. The second-order valence-electron chi connectivity index (χ2n) is 4.02. The maximum Gasteiger partial charge on any atom is 0.119 e. The Hall–Kier alpha value is -2.36. The Morgan fingerprint density at radius 2 is 1.05 bits per heavy atom. The zero-order valence-electron chi connectivity index (χ0n) is 17.3. The molecule has 106 valence electrons. The molecular formula is C16H20N2O2. The van der Waals surface area contributed by atoms with E-state index in [2.05, 4.69) is 0 Å². The van der Waals surface area contributed by atoms with Crippen LogP contribution in [0.25, 0.3) is 0 Å². The molecule has 0 heterocycles. The standard InChI is InChI=1S/C16H20N2O2/c1-17(13-5-9-15(19-3)10-6-13)18(2)14-7-11-16(20-4)12-8-14/h5-12H,1-4H3/i1D3,2D3. The van der Waals surface area contributed by atoms with E-state index in [1.807, 2.05) is 0 Å². The van der Waals surface area contributed by atoms with Crippen molar-refractivity contribution in [3.63, 3.8) is 0 Å². The van der Waals surface area contributed by atoms with E-state index in [9.17, 15) is 0 Å². The van der Waals surface area contributed by atoms with Crippen molar-refractivity contribution in [3.05, 3.63) is 48.5 Å². The molecule has 0 amide bonds. The molecule has 0 atom stereocenters. The van der Waals surface area contributed by atoms with Crippen LogP contribution in [0.15, 0.2) is 48.5 Å². The predicted molar refractivity (Wildman–Crippen MR) is 82.8 cm³/mol. The van der Waals surface area contributed by atoms with Gasteiger partial charge in [0.25, 0.3) is 0 Å². The molecule has 0 radical (unpaired) electrons. The SMILES string of the molecule is [2H]C([2H])([2H])N(c1ccc(OC)cc1)N(c1ccc(OC)cc1)C([2H])([2H])[2H]. The van der Waals surface area contributed by atoms with Crippen molar-refractivity contribution in [1.29, 1.82) is 0 Å². The zero-order chi connectivity index (χ0) is 19.5. The molecule has 0 unspecified atom stereocenters. The third-order valence-corrected chi connectivity index (χ3v) is 2.83. The summed E-state index contributed by atoms with van der Waals surface area (Å²) >= 11 is 0. The number of methoxy groups -OCH3 is 2. The van der Waals surface area contributed by atoms with E-state index >= 15 is 0 Å². The van der Waals surface area contributed by atoms with Gasteiger partial charge in [0.05, 0.1) is 25.6 Å². The molecule has 2 aromatic carbocycles. The fraction of sp³-hybridized carbons (Fsp3) is 0.250. The van der Waals surface area contributed by atoms with Crippen molar-refractivity contribution in [2.24, 2.45) is 0 Å². The van der Waals surface area contributed by atoms with Gasteiger partial charge in [0.15, 0.2) is 0 Å². The van der Waals surface area contributed by atoms with E-state index in [-0.39, 0.29) is 11.4 Å². The number of anilines is 2. The highest BCUT2D eigenvalue weighted by atomic mass is 16.5. The monoisotopic (exact) mass is 278 g/mol. The quantitative estimate of drug-likeness (QED) is 0.784. The van der Waals surface area contributed by atoms with Crippen LogP contribution in [0.5, 0.6) is 11.5 Å². The molecule has 0 aliphatic carbocycles. The Labute approximate surface area is 128 Å². The summed E-state index contributed by atoms with van der Waals surface area (Å²) in [6.45, 7) is -5.47. The number of rotatable bonds is 5. The Morgan fingerprint density at radius 3 is 1.30 bits per heavy atom. The Bertz CT molecular complexity index is 650. The first-order valence-corrected chi connectivity index (χ1v) is 5.96. The molecular weight excluding hydrogens is 252 g/mol. The summed E-state index contributed by atoms with van der Waals surface area (Å²) in [6.07, 6.45) is 0. The highest BCUT2D eigenvalue weighted by molar-refractivity contribution is 5.58. The van der Waals surface area contributed by atoms with Gasteiger partial charge in [0.1, 0.15) is 11.5 Å². The zero-order valence-corrected chi connectivity index (χ0v) is 11.3. The van der Waals surface area contributed by atoms with Gasteiger partial charge in [-0.15, -0.1) is 0 Å². The summed E-state index contributed by atoms with van der Waals surface area (Å²) in [5, 5.41) is 1.56. The van der Waals surface area contributed by atoms with Gasteiger partial charge in [-0.05, 0) is 48.5 Å². The van der Waals surface area contributed by atoms with Gasteiger partial charge in [-0.1, -0.05) is 0 Å². The molecule has 2 rings (SSSR count). The molecule has 0 bridgehead atoms. The molecule has 0 aliphatic rings. The summed E-state index contributed by atoms with van der Waals surface area (Å²) in [5.41, 5.74) is 0.385. The van der Waals surface area contributed by atoms with Gasteiger partial charge < -0.3 is 9.47 Å². The van der Waals surface area contributed by atoms with E-state index in [0.717, 1.165) is 10.0 Å². The third-order valence-electron chi connectivity index (χ3n) is 2.83. The minimum atomic E-state index is -2.73. The summed E-state index contributed by atoms with van der Waals surface area (Å²) in [7, 11) is 2.98. The lowest BCUT2D eigenvalue weighted by atomic mass is 10.3. The smallest absolute Gasteiger partial charge is 0.119 e. The summed E-state index contributed by atoms with van der Waals surface area (Å²) in [4.78, 5) is 0. The van der Waals surface area contributed by atoms with E-state index in [1.54, 1.807) is 24.3 Å². The van der Waals surface area contributed by atoms with Crippen LogP contribution in [0, 0.1) is 0 Å². The normalized spacial score (nSPS) is 15.7. The molecule has 0 fully saturated rings. The average molecular weight is 278 g/mol. The van der Waals surface area contributed by atoms with Crippen LogP contribution >= 0.6 is 0 Å². The number of ether oxygens (including phenoxy) is 2. The van der Waals surface area contributed by atoms with Crippen LogP contribution in [0.2, 0.25) is 0 Å². The minimum absolute atomic E-state index is 0.192. The Morgan fingerprint density at radius 1 is 0.700 bits per heavy atom. The van der Waals surface area contributed by atoms with Crippen molar-refractivity contribution < 1.29 is 17.7 Å². The molecule has 2 aromatic rings. The first kappa shape index (κ1) is 8.04. The van der Waals surface area contributed by atoms with Gasteiger partial charge in [-0.3, -0.25) is 10.0 Å². The molecule has 0 aliphatic heterocycles. The fourth-order valence-corrected chi connectivity index (χ4v) is 1.68. The van der Waals surface area contributed by atoms with Gasteiger partial charge >= 0.3 is 0 Å². The van der Waals surface area contributed by atoms with E-state index in [1.165, 1.54) is 38.5 Å². The van der Waals surface area contributed by atoms with Crippen molar-refractivity contribution in [2.45, 2.75) is 0 Å². The van der Waals surface area contributed by atoms with Gasteiger partial charge in [0, 0.05) is 22.2 Å². The number of benzene rings is 2. The largest absolute Gasteiger partial charge is 0.497 e. The first-order chi connectivity index (χ1) is 12.1. The highest BCUT2D eigenvalue weighted by Gasteiger charge is 2.08. The maximum atomic E-state index is 7.87. The lowest BCUT2D eigenvalue weighted by Gasteiger charge is -2.32. The van der Waals surface area contributed by atoms with Crippen molar-refractivity contribution in [2.75, 3.05) is 38.2 Å². The number of hydrazine groups is 1. The molecule has 4 nitrogen and oxygen atoms in total.